The standard InChI is InChI=1S/C33H52N4O9/c1-7-9-21(27(43-6)26(39)14-20-10-11-20)15-25(38)24-17-33(16-23(36-46-33)29(40)34-8-2)19-37(24)30(41)28(32(3,4)5)35-31(42)45-22-12-13-44-18-22/h20-22,24,27-28H,7-19H2,1-6H3,(H,34,40)(H,35,42)/t21-,22+,24+,27?,28-,33?/m1/s1. The van der Waals surface area contributed by atoms with Gasteiger partial charge in [0.1, 0.15) is 24.0 Å². The van der Waals surface area contributed by atoms with Crippen LogP contribution in [0.2, 0.25) is 0 Å². The Balaban J connectivity index is 1.58. The highest BCUT2D eigenvalue weighted by Gasteiger charge is 2.56. The molecule has 3 heterocycles. The Kier molecular flexibility index (Phi) is 11.8. The summed E-state index contributed by atoms with van der Waals surface area (Å²) >= 11 is 0. The number of Topliss-reactive ketones (excluding diaryl/α,β-unsaturated/α-hetero) is 2. The average Bonchev–Trinajstić information content (AvgIpc) is 3.34. The van der Waals surface area contributed by atoms with E-state index in [2.05, 4.69) is 15.8 Å². The molecule has 0 aromatic rings. The first-order chi connectivity index (χ1) is 21.8. The lowest BCUT2D eigenvalue weighted by atomic mass is 9.84. The van der Waals surface area contributed by atoms with Crippen LogP contribution in [0.1, 0.15) is 92.4 Å². The molecule has 2 unspecified atom stereocenters. The van der Waals surface area contributed by atoms with Crippen molar-refractivity contribution in [1.29, 1.82) is 0 Å². The van der Waals surface area contributed by atoms with E-state index >= 15 is 0 Å². The van der Waals surface area contributed by atoms with E-state index in [1.54, 1.807) is 6.92 Å². The lowest BCUT2D eigenvalue weighted by molar-refractivity contribution is -0.143. The number of oxime groups is 1. The van der Waals surface area contributed by atoms with E-state index in [-0.39, 0.29) is 54.9 Å². The van der Waals surface area contributed by atoms with Gasteiger partial charge in [0, 0.05) is 45.8 Å². The number of amides is 3. The lowest BCUT2D eigenvalue weighted by Gasteiger charge is -2.35. The van der Waals surface area contributed by atoms with Gasteiger partial charge in [0.2, 0.25) is 5.91 Å². The van der Waals surface area contributed by atoms with E-state index < -0.39 is 47.3 Å². The fourth-order valence-corrected chi connectivity index (χ4v) is 6.73. The SMILES string of the molecule is CCC[C@H](CC(=O)[C@@H]1CC2(CC(C(=O)NCC)=NO2)CN1C(=O)[C@@H](NC(=O)O[C@H]1CCOC1)C(C)(C)C)C(OC)C(=O)CC1CC1. The molecule has 3 aliphatic heterocycles. The number of methoxy groups -OCH3 is 1. The molecule has 2 N–H and O–H groups in total. The Labute approximate surface area is 271 Å². The molecule has 13 heteroatoms. The minimum absolute atomic E-state index is 0.00117. The van der Waals surface area contributed by atoms with E-state index in [1.807, 2.05) is 27.7 Å². The third-order valence-electron chi connectivity index (χ3n) is 9.34. The van der Waals surface area contributed by atoms with Crippen molar-refractivity contribution >= 4 is 35.2 Å². The summed E-state index contributed by atoms with van der Waals surface area (Å²) in [6.07, 6.45) is 2.88. The van der Waals surface area contributed by atoms with Crippen molar-refractivity contribution in [3.63, 3.8) is 0 Å². The number of hydrogen-bond donors (Lipinski definition) is 2. The van der Waals surface area contributed by atoms with Crippen LogP contribution in [-0.2, 0) is 38.2 Å². The van der Waals surface area contributed by atoms with Crippen LogP contribution in [0, 0.1) is 17.3 Å². The second-order valence-electron chi connectivity index (χ2n) is 14.4. The summed E-state index contributed by atoms with van der Waals surface area (Å²) in [7, 11) is 1.51. The van der Waals surface area contributed by atoms with Crippen LogP contribution in [0.25, 0.3) is 0 Å². The number of likely N-dealkylation sites (tertiary alicyclic amines) is 1. The van der Waals surface area contributed by atoms with Gasteiger partial charge >= 0.3 is 6.09 Å². The molecule has 4 aliphatic rings. The molecule has 4 rings (SSSR count). The van der Waals surface area contributed by atoms with Gasteiger partial charge in [-0.25, -0.2) is 4.79 Å². The smallest absolute Gasteiger partial charge is 0.408 e. The van der Waals surface area contributed by atoms with E-state index in [0.717, 1.165) is 19.3 Å². The number of ether oxygens (including phenoxy) is 3. The molecule has 0 bridgehead atoms. The number of carbonyl (C=O) groups excluding carboxylic acids is 5. The Bertz CT molecular complexity index is 1170. The summed E-state index contributed by atoms with van der Waals surface area (Å²) in [6, 6.07) is -1.95. The lowest BCUT2D eigenvalue weighted by Crippen LogP contribution is -2.57. The van der Waals surface area contributed by atoms with Crippen molar-refractivity contribution in [2.24, 2.45) is 22.4 Å². The maximum absolute atomic E-state index is 14.4. The molecule has 0 aromatic carbocycles. The second-order valence-corrected chi connectivity index (χ2v) is 14.4. The Morgan fingerprint density at radius 3 is 2.46 bits per heavy atom. The third-order valence-corrected chi connectivity index (χ3v) is 9.34. The van der Waals surface area contributed by atoms with E-state index in [4.69, 9.17) is 19.0 Å². The van der Waals surface area contributed by atoms with Crippen molar-refractivity contribution in [1.82, 2.24) is 15.5 Å². The third kappa shape index (κ3) is 8.84. The van der Waals surface area contributed by atoms with Crippen molar-refractivity contribution in [2.75, 3.05) is 33.4 Å². The highest BCUT2D eigenvalue weighted by atomic mass is 16.7. The number of ketones is 2. The molecule has 3 amide bonds. The van der Waals surface area contributed by atoms with E-state index in [0.29, 0.717) is 44.9 Å². The van der Waals surface area contributed by atoms with Gasteiger partial charge < -0.3 is 34.6 Å². The van der Waals surface area contributed by atoms with Gasteiger partial charge in [-0.1, -0.05) is 39.3 Å². The fourth-order valence-electron chi connectivity index (χ4n) is 6.73. The normalized spacial score (nSPS) is 26.2. The molecular formula is C33H52N4O9. The molecule has 0 aromatic heterocycles. The Morgan fingerprint density at radius 2 is 1.87 bits per heavy atom. The van der Waals surface area contributed by atoms with Crippen molar-refractivity contribution in [3.05, 3.63) is 0 Å². The van der Waals surface area contributed by atoms with Gasteiger partial charge in [-0.05, 0) is 43.4 Å². The van der Waals surface area contributed by atoms with Crippen molar-refractivity contribution < 1.29 is 43.0 Å². The number of nitrogens with one attached hydrogen (secondary N) is 2. The number of nitrogens with zero attached hydrogens (tertiary/aromatic N) is 2. The zero-order valence-corrected chi connectivity index (χ0v) is 28.2. The molecule has 258 valence electrons. The summed E-state index contributed by atoms with van der Waals surface area (Å²) < 4.78 is 16.5. The molecule has 3 fully saturated rings. The predicted octanol–water partition coefficient (Wildman–Crippen LogP) is 2.93. The predicted molar refractivity (Wildman–Crippen MR) is 168 cm³/mol. The van der Waals surface area contributed by atoms with Crippen LogP contribution >= 0.6 is 0 Å². The highest BCUT2D eigenvalue weighted by molar-refractivity contribution is 6.39. The number of rotatable bonds is 15. The minimum atomic E-state index is -1.08. The summed E-state index contributed by atoms with van der Waals surface area (Å²) in [4.78, 5) is 74.7. The van der Waals surface area contributed by atoms with Crippen LogP contribution in [0.5, 0.6) is 0 Å². The first-order valence-corrected chi connectivity index (χ1v) is 16.8. The minimum Gasteiger partial charge on any atom is -0.444 e. The topological polar surface area (TPSA) is 162 Å². The van der Waals surface area contributed by atoms with Gasteiger partial charge in [0.25, 0.3) is 5.91 Å². The summed E-state index contributed by atoms with van der Waals surface area (Å²) in [5.41, 5.74) is -1.63. The fraction of sp³-hybridized carbons (Fsp3) is 0.818. The van der Waals surface area contributed by atoms with Crippen LogP contribution < -0.4 is 10.6 Å². The monoisotopic (exact) mass is 648 g/mol. The van der Waals surface area contributed by atoms with Crippen LogP contribution in [0.15, 0.2) is 5.16 Å². The van der Waals surface area contributed by atoms with E-state index in [1.165, 1.54) is 12.0 Å². The zero-order valence-electron chi connectivity index (χ0n) is 28.2. The van der Waals surface area contributed by atoms with Gasteiger partial charge in [0.05, 0.1) is 25.8 Å². The van der Waals surface area contributed by atoms with Gasteiger partial charge in [-0.15, -0.1) is 0 Å². The number of alkyl carbamates (subject to hydrolysis) is 1. The van der Waals surface area contributed by atoms with Gasteiger partial charge in [0.15, 0.2) is 17.2 Å². The summed E-state index contributed by atoms with van der Waals surface area (Å²) in [5, 5.41) is 9.53. The quantitative estimate of drug-likeness (QED) is 0.272. The van der Waals surface area contributed by atoms with E-state index in [9.17, 15) is 24.0 Å². The van der Waals surface area contributed by atoms with Crippen molar-refractivity contribution in [2.45, 2.75) is 122 Å². The van der Waals surface area contributed by atoms with Gasteiger partial charge in [-0.2, -0.15) is 0 Å². The largest absolute Gasteiger partial charge is 0.444 e. The van der Waals surface area contributed by atoms with Gasteiger partial charge in [-0.3, -0.25) is 19.2 Å². The van der Waals surface area contributed by atoms with Crippen molar-refractivity contribution in [3.8, 4) is 0 Å². The molecular weight excluding hydrogens is 596 g/mol. The second kappa shape index (κ2) is 15.2. The maximum Gasteiger partial charge on any atom is 0.408 e. The molecule has 1 spiro atoms. The summed E-state index contributed by atoms with van der Waals surface area (Å²) in [6.45, 7) is 10.5. The highest BCUT2D eigenvalue weighted by Crippen LogP contribution is 2.40. The molecule has 1 aliphatic carbocycles. The maximum atomic E-state index is 14.4. The molecule has 0 radical (unpaired) electrons. The number of hydrogen-bond acceptors (Lipinski definition) is 10. The molecule has 46 heavy (non-hydrogen) atoms. The molecule has 1 saturated carbocycles. The Morgan fingerprint density at radius 1 is 1.13 bits per heavy atom. The van der Waals surface area contributed by atoms with Crippen LogP contribution in [0.3, 0.4) is 0 Å². The number of carbonyl (C=O) groups is 5. The average molecular weight is 649 g/mol. The summed E-state index contributed by atoms with van der Waals surface area (Å²) in [5.74, 6) is -1.00. The molecule has 2 saturated heterocycles. The first kappa shape index (κ1) is 35.8. The first-order valence-electron chi connectivity index (χ1n) is 16.8. The zero-order chi connectivity index (χ0) is 33.6. The molecule has 6 atom stereocenters. The van der Waals surface area contributed by atoms with Crippen LogP contribution in [0.4, 0.5) is 4.79 Å². The Hall–Kier alpha value is -3.06. The molecule has 13 nitrogen and oxygen atoms in total. The van der Waals surface area contributed by atoms with Crippen LogP contribution in [-0.4, -0.2) is 103 Å².